The molecule has 3 nitrogen and oxygen atoms in total. The van der Waals surface area contributed by atoms with Gasteiger partial charge in [0, 0.05) is 0 Å². The summed E-state index contributed by atoms with van der Waals surface area (Å²) in [6.45, 7) is 6.37. The summed E-state index contributed by atoms with van der Waals surface area (Å²) < 4.78 is 20.2. The highest BCUT2D eigenvalue weighted by Crippen LogP contribution is 2.52. The Morgan fingerprint density at radius 1 is 1.28 bits per heavy atom. The van der Waals surface area contributed by atoms with Crippen LogP contribution in [-0.4, -0.2) is 19.6 Å². The molecule has 1 aromatic rings. The summed E-state index contributed by atoms with van der Waals surface area (Å²) in [6, 6.07) is 4.78. The zero-order valence-corrected chi connectivity index (χ0v) is 15.8. The average Bonchev–Trinajstić information content (AvgIpc) is 2.94. The van der Waals surface area contributed by atoms with E-state index in [2.05, 4.69) is 5.32 Å². The first-order chi connectivity index (χ1) is 11.8. The van der Waals surface area contributed by atoms with Crippen LogP contribution in [0.3, 0.4) is 0 Å². The van der Waals surface area contributed by atoms with E-state index in [4.69, 9.17) is 4.74 Å². The lowest BCUT2D eigenvalue weighted by Gasteiger charge is -2.37. The van der Waals surface area contributed by atoms with Gasteiger partial charge in [0.25, 0.3) is 0 Å². The van der Waals surface area contributed by atoms with Crippen molar-refractivity contribution in [1.82, 2.24) is 5.32 Å². The Balaban J connectivity index is 1.87. The molecule has 3 unspecified atom stereocenters. The molecule has 0 saturated heterocycles. The number of rotatable bonds is 4. The Bertz CT molecular complexity index is 637. The number of benzene rings is 1. The van der Waals surface area contributed by atoms with Gasteiger partial charge in [-0.3, -0.25) is 4.79 Å². The lowest BCUT2D eigenvalue weighted by Crippen LogP contribution is -2.34. The molecular formula is C21H30FNO2. The van der Waals surface area contributed by atoms with E-state index in [9.17, 15) is 9.18 Å². The van der Waals surface area contributed by atoms with Gasteiger partial charge in [-0.1, -0.05) is 6.42 Å². The van der Waals surface area contributed by atoms with Crippen molar-refractivity contribution >= 4 is 5.97 Å². The van der Waals surface area contributed by atoms with Crippen molar-refractivity contribution in [1.29, 1.82) is 0 Å². The van der Waals surface area contributed by atoms with Crippen LogP contribution in [0, 0.1) is 29.0 Å². The van der Waals surface area contributed by atoms with E-state index in [0.29, 0.717) is 23.5 Å². The summed E-state index contributed by atoms with van der Waals surface area (Å²) >= 11 is 0. The molecule has 0 radical (unpaired) electrons. The van der Waals surface area contributed by atoms with Crippen molar-refractivity contribution < 1.29 is 13.9 Å². The third-order valence-corrected chi connectivity index (χ3v) is 5.92. The van der Waals surface area contributed by atoms with Crippen molar-refractivity contribution in [3.8, 4) is 5.75 Å². The van der Waals surface area contributed by atoms with E-state index in [1.165, 1.54) is 25.3 Å². The van der Waals surface area contributed by atoms with Crippen LogP contribution in [0.25, 0.3) is 0 Å². The Morgan fingerprint density at radius 2 is 2.04 bits per heavy atom. The molecule has 2 bridgehead atoms. The molecule has 138 valence electrons. The highest BCUT2D eigenvalue weighted by Gasteiger charge is 2.42. The van der Waals surface area contributed by atoms with Gasteiger partial charge in [-0.15, -0.1) is 0 Å². The van der Waals surface area contributed by atoms with Crippen molar-refractivity contribution in [3.63, 3.8) is 0 Å². The number of fused-ring (bicyclic) bond motifs is 2. The number of hydrogen-bond acceptors (Lipinski definition) is 3. The fraction of sp³-hybridized carbons (Fsp3) is 0.667. The van der Waals surface area contributed by atoms with Crippen LogP contribution in [0.4, 0.5) is 4.39 Å². The standard InChI is InChI=1S/C21H30FNO2/c1-21(2,3)20(24)25-15-7-8-19(22)17(11-15)16-10-13-5-6-14(9-13)18(16)12-23-4/h7-8,11,13-14,16,18,23H,5-6,9-10,12H2,1-4H3/t13?,14?,16?,18-/m0/s1. The summed E-state index contributed by atoms with van der Waals surface area (Å²) in [4.78, 5) is 12.2. The monoisotopic (exact) mass is 347 g/mol. The predicted molar refractivity (Wildman–Crippen MR) is 97.1 cm³/mol. The van der Waals surface area contributed by atoms with Gasteiger partial charge >= 0.3 is 5.97 Å². The van der Waals surface area contributed by atoms with Crippen molar-refractivity contribution in [2.45, 2.75) is 52.4 Å². The number of esters is 1. The molecule has 0 heterocycles. The predicted octanol–water partition coefficient (Wildman–Crippen LogP) is 4.52. The SMILES string of the molecule is CNC[C@H]1C2CCC(C2)CC1c1cc(OC(=O)C(C)(C)C)ccc1F. The maximum atomic E-state index is 14.7. The third kappa shape index (κ3) is 3.89. The zero-order chi connectivity index (χ0) is 18.2. The molecule has 4 atom stereocenters. The third-order valence-electron chi connectivity index (χ3n) is 5.92. The van der Waals surface area contributed by atoms with Gasteiger partial charge < -0.3 is 10.1 Å². The van der Waals surface area contributed by atoms with Crippen molar-refractivity contribution in [3.05, 3.63) is 29.6 Å². The second-order valence-corrected chi connectivity index (χ2v) is 8.83. The molecule has 0 amide bonds. The fourth-order valence-electron chi connectivity index (χ4n) is 4.61. The first-order valence-electron chi connectivity index (χ1n) is 9.46. The molecule has 0 aliphatic heterocycles. The van der Waals surface area contributed by atoms with Gasteiger partial charge in [0.15, 0.2) is 0 Å². The van der Waals surface area contributed by atoms with Crippen LogP contribution in [0.15, 0.2) is 18.2 Å². The number of halogens is 1. The molecule has 4 heteroatoms. The van der Waals surface area contributed by atoms with Gasteiger partial charge in [0.1, 0.15) is 11.6 Å². The van der Waals surface area contributed by atoms with E-state index in [0.717, 1.165) is 18.5 Å². The molecule has 2 aliphatic rings. The lowest BCUT2D eigenvalue weighted by atomic mass is 9.69. The van der Waals surface area contributed by atoms with Crippen LogP contribution in [0.5, 0.6) is 5.75 Å². The molecule has 25 heavy (non-hydrogen) atoms. The van der Waals surface area contributed by atoms with Crippen LogP contribution >= 0.6 is 0 Å². The molecule has 1 aromatic carbocycles. The Labute approximate surface area is 150 Å². The number of nitrogens with one attached hydrogen (secondary N) is 1. The molecule has 0 spiro atoms. The van der Waals surface area contributed by atoms with Crippen molar-refractivity contribution in [2.75, 3.05) is 13.6 Å². The molecular weight excluding hydrogens is 317 g/mol. The summed E-state index contributed by atoms with van der Waals surface area (Å²) in [7, 11) is 1.97. The number of ether oxygens (including phenoxy) is 1. The molecule has 3 rings (SSSR count). The second kappa shape index (κ2) is 7.06. The van der Waals surface area contributed by atoms with E-state index in [1.807, 2.05) is 27.8 Å². The van der Waals surface area contributed by atoms with E-state index in [1.54, 1.807) is 12.1 Å². The molecule has 2 saturated carbocycles. The maximum Gasteiger partial charge on any atom is 0.316 e. The van der Waals surface area contributed by atoms with Gasteiger partial charge in [-0.25, -0.2) is 4.39 Å². The van der Waals surface area contributed by atoms with Gasteiger partial charge in [-0.2, -0.15) is 0 Å². The smallest absolute Gasteiger partial charge is 0.316 e. The number of carbonyl (C=O) groups is 1. The number of carbonyl (C=O) groups excluding carboxylic acids is 1. The lowest BCUT2D eigenvalue weighted by molar-refractivity contribution is -0.143. The second-order valence-electron chi connectivity index (χ2n) is 8.83. The van der Waals surface area contributed by atoms with E-state index >= 15 is 0 Å². The largest absolute Gasteiger partial charge is 0.426 e. The first kappa shape index (κ1) is 18.4. The van der Waals surface area contributed by atoms with Gasteiger partial charge in [-0.05, 0) is 101 Å². The average molecular weight is 347 g/mol. The molecule has 2 fully saturated rings. The Morgan fingerprint density at radius 3 is 2.72 bits per heavy atom. The molecule has 1 N–H and O–H groups in total. The first-order valence-corrected chi connectivity index (χ1v) is 9.46. The summed E-state index contributed by atoms with van der Waals surface area (Å²) in [5, 5.41) is 3.30. The summed E-state index contributed by atoms with van der Waals surface area (Å²) in [5.74, 6) is 2.03. The molecule has 0 aromatic heterocycles. The quantitative estimate of drug-likeness (QED) is 0.643. The summed E-state index contributed by atoms with van der Waals surface area (Å²) in [5.41, 5.74) is 0.142. The highest BCUT2D eigenvalue weighted by atomic mass is 19.1. The normalized spacial score (nSPS) is 28.8. The van der Waals surface area contributed by atoms with Crippen LogP contribution < -0.4 is 10.1 Å². The minimum atomic E-state index is -0.576. The highest BCUT2D eigenvalue weighted by molar-refractivity contribution is 5.77. The fourth-order valence-corrected chi connectivity index (χ4v) is 4.61. The van der Waals surface area contributed by atoms with Crippen LogP contribution in [0.1, 0.15) is 57.9 Å². The van der Waals surface area contributed by atoms with Crippen LogP contribution in [-0.2, 0) is 4.79 Å². The van der Waals surface area contributed by atoms with E-state index in [-0.39, 0.29) is 17.7 Å². The van der Waals surface area contributed by atoms with Gasteiger partial charge in [0.05, 0.1) is 5.41 Å². The van der Waals surface area contributed by atoms with Crippen LogP contribution in [0.2, 0.25) is 0 Å². The van der Waals surface area contributed by atoms with Gasteiger partial charge in [0.2, 0.25) is 0 Å². The topological polar surface area (TPSA) is 38.3 Å². The van der Waals surface area contributed by atoms with Crippen molar-refractivity contribution in [2.24, 2.45) is 23.2 Å². The summed E-state index contributed by atoms with van der Waals surface area (Å²) in [6.07, 6.45) is 4.84. The molecule has 2 aliphatic carbocycles. The zero-order valence-electron chi connectivity index (χ0n) is 15.8. The minimum Gasteiger partial charge on any atom is -0.426 e. The Kier molecular flexibility index (Phi) is 5.19. The Hall–Kier alpha value is -1.42. The maximum absolute atomic E-state index is 14.7. The minimum absolute atomic E-state index is 0.178. The van der Waals surface area contributed by atoms with E-state index < -0.39 is 5.41 Å². The number of hydrogen-bond donors (Lipinski definition) is 1.